The molecule has 9 nitrogen and oxygen atoms in total. The molecule has 0 aliphatic rings. The Morgan fingerprint density at radius 3 is 2.71 bits per heavy atom. The summed E-state index contributed by atoms with van der Waals surface area (Å²) in [6, 6.07) is 8.94. The first-order valence-corrected chi connectivity index (χ1v) is 8.65. The second-order valence-electron chi connectivity index (χ2n) is 5.53. The van der Waals surface area contributed by atoms with Gasteiger partial charge in [-0.3, -0.25) is 14.9 Å². The lowest BCUT2D eigenvalue weighted by molar-refractivity contribution is -0.384. The number of hydrogen-bond donors (Lipinski definition) is 1. The minimum absolute atomic E-state index is 0.0128. The zero-order valence-corrected chi connectivity index (χ0v) is 16.3. The van der Waals surface area contributed by atoms with E-state index in [2.05, 4.69) is 26.5 Å². The average Bonchev–Trinajstić information content (AvgIpc) is 3.10. The fraction of sp³-hybridized carbons (Fsp3) is 0.111. The number of halogens is 1. The fourth-order valence-corrected chi connectivity index (χ4v) is 3.11. The molecule has 0 atom stereocenters. The van der Waals surface area contributed by atoms with Crippen molar-refractivity contribution in [3.05, 3.63) is 62.3 Å². The van der Waals surface area contributed by atoms with Crippen LogP contribution >= 0.6 is 15.9 Å². The number of carbonyl (C=O) groups excluding carboxylic acids is 1. The summed E-state index contributed by atoms with van der Waals surface area (Å²) < 4.78 is 16.5. The fourth-order valence-electron chi connectivity index (χ4n) is 2.49. The minimum Gasteiger partial charge on any atom is -0.493 e. The number of methoxy groups -OCH3 is 2. The van der Waals surface area contributed by atoms with Crippen molar-refractivity contribution >= 4 is 44.7 Å². The average molecular weight is 448 g/mol. The molecule has 1 aromatic heterocycles. The van der Waals surface area contributed by atoms with Crippen LogP contribution in [0.1, 0.15) is 16.1 Å². The zero-order chi connectivity index (χ0) is 20.3. The summed E-state index contributed by atoms with van der Waals surface area (Å²) in [6.45, 7) is 0. The highest BCUT2D eigenvalue weighted by Gasteiger charge is 2.15. The molecule has 0 saturated carbocycles. The van der Waals surface area contributed by atoms with Crippen LogP contribution in [0.15, 0.2) is 50.4 Å². The van der Waals surface area contributed by atoms with E-state index in [9.17, 15) is 14.9 Å². The smallest absolute Gasteiger partial charge is 0.307 e. The van der Waals surface area contributed by atoms with Crippen LogP contribution in [-0.2, 0) is 0 Å². The molecular weight excluding hydrogens is 434 g/mol. The lowest BCUT2D eigenvalue weighted by Crippen LogP contribution is -2.16. The Balaban J connectivity index is 1.76. The highest BCUT2D eigenvalue weighted by Crippen LogP contribution is 2.35. The molecule has 0 spiro atoms. The van der Waals surface area contributed by atoms with Gasteiger partial charge in [0.05, 0.1) is 29.8 Å². The summed E-state index contributed by atoms with van der Waals surface area (Å²) >= 11 is 3.38. The molecule has 2 aromatic carbocycles. The number of nitro groups is 1. The van der Waals surface area contributed by atoms with Crippen LogP contribution < -0.4 is 14.9 Å². The van der Waals surface area contributed by atoms with Gasteiger partial charge in [0.2, 0.25) is 0 Å². The van der Waals surface area contributed by atoms with Crippen LogP contribution in [0.5, 0.6) is 11.5 Å². The first-order chi connectivity index (χ1) is 13.4. The molecule has 10 heteroatoms. The maximum absolute atomic E-state index is 12.2. The molecule has 0 bridgehead atoms. The molecule has 1 heterocycles. The summed E-state index contributed by atoms with van der Waals surface area (Å²) in [5.74, 6) is 0.444. The monoisotopic (exact) mass is 447 g/mol. The molecule has 3 aromatic rings. The second kappa shape index (κ2) is 8.09. The number of furan rings is 1. The van der Waals surface area contributed by atoms with Crippen molar-refractivity contribution in [2.24, 2.45) is 5.10 Å². The van der Waals surface area contributed by atoms with Crippen molar-refractivity contribution in [2.75, 3.05) is 14.2 Å². The Morgan fingerprint density at radius 2 is 2.04 bits per heavy atom. The number of benzene rings is 2. The molecule has 28 heavy (non-hydrogen) atoms. The van der Waals surface area contributed by atoms with Crippen LogP contribution in [-0.4, -0.2) is 31.3 Å². The quantitative estimate of drug-likeness (QED) is 0.348. The van der Waals surface area contributed by atoms with Crippen molar-refractivity contribution in [3.63, 3.8) is 0 Å². The molecule has 3 rings (SSSR count). The van der Waals surface area contributed by atoms with E-state index in [1.807, 2.05) is 0 Å². The molecule has 0 aliphatic carbocycles. The lowest BCUT2D eigenvalue weighted by atomic mass is 10.2. The third kappa shape index (κ3) is 3.96. The number of hydrogen-bond acceptors (Lipinski definition) is 7. The van der Waals surface area contributed by atoms with E-state index in [1.54, 1.807) is 12.1 Å². The normalized spacial score (nSPS) is 11.0. The SMILES string of the molecule is COc1cc(/C=N/NC(=O)c2cc3cc([N+](=O)[O-])ccc3o2)cc(Br)c1OC. The van der Waals surface area contributed by atoms with Gasteiger partial charge in [0.25, 0.3) is 5.69 Å². The minimum atomic E-state index is -0.588. The Bertz CT molecular complexity index is 1090. The van der Waals surface area contributed by atoms with Crippen LogP contribution in [0.4, 0.5) is 5.69 Å². The van der Waals surface area contributed by atoms with E-state index in [-0.39, 0.29) is 11.4 Å². The van der Waals surface area contributed by atoms with Crippen LogP contribution in [0, 0.1) is 10.1 Å². The number of rotatable bonds is 6. The summed E-state index contributed by atoms with van der Waals surface area (Å²) in [7, 11) is 3.04. The van der Waals surface area contributed by atoms with Crippen molar-refractivity contribution in [1.29, 1.82) is 0 Å². The maximum atomic E-state index is 12.2. The predicted octanol–water partition coefficient (Wildman–Crippen LogP) is 3.88. The lowest BCUT2D eigenvalue weighted by Gasteiger charge is -2.10. The number of non-ortho nitro benzene ring substituents is 1. The van der Waals surface area contributed by atoms with Gasteiger partial charge in [-0.25, -0.2) is 5.43 Å². The molecule has 0 aliphatic heterocycles. The molecular formula is C18H14BrN3O6. The Morgan fingerprint density at radius 1 is 1.25 bits per heavy atom. The summed E-state index contributed by atoms with van der Waals surface area (Å²) in [4.78, 5) is 22.5. The van der Waals surface area contributed by atoms with Gasteiger partial charge >= 0.3 is 5.91 Å². The number of hydrazone groups is 1. The number of nitro benzene ring substituents is 1. The second-order valence-corrected chi connectivity index (χ2v) is 6.38. The maximum Gasteiger partial charge on any atom is 0.307 e. The molecule has 0 radical (unpaired) electrons. The van der Waals surface area contributed by atoms with E-state index in [0.717, 1.165) is 0 Å². The van der Waals surface area contributed by atoms with E-state index in [4.69, 9.17) is 13.9 Å². The number of nitrogens with one attached hydrogen (secondary N) is 1. The highest BCUT2D eigenvalue weighted by atomic mass is 79.9. The summed E-state index contributed by atoms with van der Waals surface area (Å²) in [6.07, 6.45) is 1.43. The van der Waals surface area contributed by atoms with Gasteiger partial charge in [0.15, 0.2) is 17.3 Å². The van der Waals surface area contributed by atoms with Gasteiger partial charge in [0, 0.05) is 17.5 Å². The molecule has 0 fully saturated rings. The molecule has 1 amide bonds. The molecule has 1 N–H and O–H groups in total. The van der Waals surface area contributed by atoms with Gasteiger partial charge in [-0.2, -0.15) is 5.10 Å². The van der Waals surface area contributed by atoms with Gasteiger partial charge in [-0.15, -0.1) is 0 Å². The Hall–Kier alpha value is -3.40. The number of nitrogens with zero attached hydrogens (tertiary/aromatic N) is 2. The Labute approximate surface area is 167 Å². The molecule has 0 unspecified atom stereocenters. The number of amides is 1. The first-order valence-electron chi connectivity index (χ1n) is 7.86. The number of carbonyl (C=O) groups is 1. The third-order valence-electron chi connectivity index (χ3n) is 3.77. The molecule has 0 saturated heterocycles. The van der Waals surface area contributed by atoms with Gasteiger partial charge < -0.3 is 13.9 Å². The Kier molecular flexibility index (Phi) is 5.59. The number of fused-ring (bicyclic) bond motifs is 1. The van der Waals surface area contributed by atoms with Gasteiger partial charge in [0.1, 0.15) is 5.58 Å². The predicted molar refractivity (Wildman–Crippen MR) is 105 cm³/mol. The van der Waals surface area contributed by atoms with E-state index >= 15 is 0 Å². The van der Waals surface area contributed by atoms with E-state index in [0.29, 0.717) is 32.5 Å². The largest absolute Gasteiger partial charge is 0.493 e. The van der Waals surface area contributed by atoms with Crippen molar-refractivity contribution in [1.82, 2.24) is 5.43 Å². The van der Waals surface area contributed by atoms with Gasteiger partial charge in [-0.05, 0) is 45.8 Å². The number of ether oxygens (including phenoxy) is 2. The van der Waals surface area contributed by atoms with Gasteiger partial charge in [-0.1, -0.05) is 0 Å². The summed E-state index contributed by atoms with van der Waals surface area (Å²) in [5.41, 5.74) is 3.28. The van der Waals surface area contributed by atoms with Crippen molar-refractivity contribution in [3.8, 4) is 11.5 Å². The van der Waals surface area contributed by atoms with E-state index in [1.165, 1.54) is 44.7 Å². The molecule has 144 valence electrons. The van der Waals surface area contributed by atoms with Crippen LogP contribution in [0.25, 0.3) is 11.0 Å². The standard InChI is InChI=1S/C18H14BrN3O6/c1-26-15-6-10(5-13(19)17(15)27-2)9-20-21-18(23)16-8-11-7-12(22(24)25)3-4-14(11)28-16/h3-9H,1-2H3,(H,21,23)/b20-9+. The van der Waals surface area contributed by atoms with E-state index < -0.39 is 10.8 Å². The first kappa shape index (κ1) is 19.4. The topological polar surface area (TPSA) is 116 Å². The van der Waals surface area contributed by atoms with Crippen molar-refractivity contribution < 1.29 is 23.6 Å². The van der Waals surface area contributed by atoms with Crippen LogP contribution in [0.2, 0.25) is 0 Å². The zero-order valence-electron chi connectivity index (χ0n) is 14.8. The highest BCUT2D eigenvalue weighted by molar-refractivity contribution is 9.10. The summed E-state index contributed by atoms with van der Waals surface area (Å²) in [5, 5.41) is 15.2. The third-order valence-corrected chi connectivity index (χ3v) is 4.36. The van der Waals surface area contributed by atoms with Crippen LogP contribution in [0.3, 0.4) is 0 Å². The van der Waals surface area contributed by atoms with Crippen molar-refractivity contribution in [2.45, 2.75) is 0 Å².